The molecule has 1 aromatic carbocycles. The van der Waals surface area contributed by atoms with Gasteiger partial charge in [-0.2, -0.15) is 5.10 Å². The molecule has 0 saturated carbocycles. The molecule has 0 aliphatic heterocycles. The maximum absolute atomic E-state index is 9.35. The summed E-state index contributed by atoms with van der Waals surface area (Å²) in [7, 11) is 0. The molecule has 0 spiro atoms. The molecule has 0 unspecified atom stereocenters. The summed E-state index contributed by atoms with van der Waals surface area (Å²) < 4.78 is 1.47. The van der Waals surface area contributed by atoms with Gasteiger partial charge < -0.3 is 27.0 Å². The third-order valence-electron chi connectivity index (χ3n) is 2.72. The largest absolute Gasteiger partial charge is 0.508 e. The van der Waals surface area contributed by atoms with Crippen molar-refractivity contribution in [1.82, 2.24) is 9.78 Å². The fraction of sp³-hybridized carbons (Fsp3) is 0.250. The van der Waals surface area contributed by atoms with Crippen molar-refractivity contribution in [3.05, 3.63) is 30.0 Å². The Hall–Kier alpha value is -2.41. The van der Waals surface area contributed by atoms with Gasteiger partial charge >= 0.3 is 0 Å². The number of hydrogen-bond acceptors (Lipinski definition) is 6. The second-order valence-electron chi connectivity index (χ2n) is 4.10. The van der Waals surface area contributed by atoms with Gasteiger partial charge in [-0.3, -0.25) is 0 Å². The lowest BCUT2D eigenvalue weighted by molar-refractivity contribution is 0.270. The molecule has 1 aromatic heterocycles. The van der Waals surface area contributed by atoms with E-state index in [1.165, 1.54) is 4.68 Å². The van der Waals surface area contributed by atoms with E-state index in [0.29, 0.717) is 30.3 Å². The Balaban J connectivity index is 2.09. The van der Waals surface area contributed by atoms with Crippen LogP contribution in [0.1, 0.15) is 5.69 Å². The summed E-state index contributed by atoms with van der Waals surface area (Å²) in [6, 6.07) is 6.75. The zero-order valence-electron chi connectivity index (χ0n) is 10.4. The van der Waals surface area contributed by atoms with E-state index in [1.807, 2.05) is 6.07 Å². The van der Waals surface area contributed by atoms with Crippen molar-refractivity contribution in [2.24, 2.45) is 0 Å². The van der Waals surface area contributed by atoms with Crippen LogP contribution in [-0.4, -0.2) is 26.6 Å². The maximum atomic E-state index is 9.35. The van der Waals surface area contributed by atoms with Gasteiger partial charge in [-0.25, -0.2) is 4.68 Å². The van der Waals surface area contributed by atoms with Crippen LogP contribution >= 0.6 is 0 Å². The fourth-order valence-corrected chi connectivity index (χ4v) is 1.74. The number of nitrogens with two attached hydrogens (primary N) is 2. The number of hydrogen-bond donors (Lipinski definition) is 5. The summed E-state index contributed by atoms with van der Waals surface area (Å²) in [5.74, 6) is 0.532. The van der Waals surface area contributed by atoms with Gasteiger partial charge in [0.1, 0.15) is 17.3 Å². The van der Waals surface area contributed by atoms with E-state index in [-0.39, 0.29) is 12.4 Å². The number of phenolic OH excluding ortho intramolecular Hbond substituents is 1. The maximum Gasteiger partial charge on any atom is 0.145 e. The molecule has 2 aromatic rings. The average Bonchev–Trinajstić information content (AvgIpc) is 2.65. The van der Waals surface area contributed by atoms with Crippen LogP contribution in [0.25, 0.3) is 0 Å². The number of nitrogens with zero attached hydrogens (tertiary/aromatic N) is 2. The number of rotatable bonds is 5. The third-order valence-corrected chi connectivity index (χ3v) is 2.72. The number of aliphatic hydroxyl groups is 1. The summed E-state index contributed by atoms with van der Waals surface area (Å²) >= 11 is 0. The zero-order valence-corrected chi connectivity index (χ0v) is 10.4. The van der Waals surface area contributed by atoms with Gasteiger partial charge in [0.05, 0.1) is 25.4 Å². The van der Waals surface area contributed by atoms with Crippen molar-refractivity contribution in [2.75, 3.05) is 23.4 Å². The van der Waals surface area contributed by atoms with Gasteiger partial charge in [-0.05, 0) is 12.1 Å². The van der Waals surface area contributed by atoms with E-state index in [0.717, 1.165) is 5.69 Å². The molecule has 19 heavy (non-hydrogen) atoms. The zero-order chi connectivity index (χ0) is 13.8. The fourth-order valence-electron chi connectivity index (χ4n) is 1.74. The van der Waals surface area contributed by atoms with Crippen LogP contribution in [0.4, 0.5) is 17.2 Å². The molecule has 0 saturated heterocycles. The highest BCUT2D eigenvalue weighted by atomic mass is 16.3. The number of anilines is 3. The monoisotopic (exact) mass is 263 g/mol. The smallest absolute Gasteiger partial charge is 0.145 e. The van der Waals surface area contributed by atoms with Crippen LogP contribution < -0.4 is 16.8 Å². The van der Waals surface area contributed by atoms with E-state index >= 15 is 0 Å². The van der Waals surface area contributed by atoms with Gasteiger partial charge in [-0.15, -0.1) is 0 Å². The van der Waals surface area contributed by atoms with Crippen molar-refractivity contribution < 1.29 is 10.2 Å². The average molecular weight is 263 g/mol. The van der Waals surface area contributed by atoms with E-state index in [9.17, 15) is 5.11 Å². The van der Waals surface area contributed by atoms with Crippen molar-refractivity contribution in [2.45, 2.75) is 13.1 Å². The van der Waals surface area contributed by atoms with Crippen LogP contribution in [0.5, 0.6) is 5.75 Å². The highest BCUT2D eigenvalue weighted by Gasteiger charge is 2.12. The number of nitrogen functional groups attached to an aromatic ring is 2. The van der Waals surface area contributed by atoms with E-state index in [1.54, 1.807) is 18.2 Å². The van der Waals surface area contributed by atoms with Gasteiger partial charge in [0.25, 0.3) is 0 Å². The lowest BCUT2D eigenvalue weighted by atomic mass is 10.3. The van der Waals surface area contributed by atoms with E-state index in [4.69, 9.17) is 16.6 Å². The van der Waals surface area contributed by atoms with Crippen LogP contribution in [-0.2, 0) is 13.1 Å². The van der Waals surface area contributed by atoms with Gasteiger partial charge in [0.2, 0.25) is 0 Å². The Labute approximate surface area is 110 Å². The molecule has 7 nitrogen and oxygen atoms in total. The lowest BCUT2D eigenvalue weighted by Gasteiger charge is -2.05. The molecule has 0 atom stereocenters. The molecular weight excluding hydrogens is 246 g/mol. The minimum absolute atomic E-state index is 0.0508. The standard InChI is InChI=1S/C12H17N5O2/c13-11-10(16-17(4-5-18)12(11)14)7-15-8-2-1-3-9(19)6-8/h1-3,6,15,18-19H,4-5,7,13-14H2. The van der Waals surface area contributed by atoms with Crippen LogP contribution in [0.2, 0.25) is 0 Å². The SMILES string of the molecule is Nc1c(CNc2cccc(O)c2)nn(CCO)c1N. The highest BCUT2D eigenvalue weighted by molar-refractivity contribution is 5.63. The Morgan fingerprint density at radius 2 is 2.11 bits per heavy atom. The quantitative estimate of drug-likeness (QED) is 0.531. The molecule has 0 aliphatic carbocycles. The normalized spacial score (nSPS) is 10.6. The Bertz CT molecular complexity index is 567. The molecular formula is C12H17N5O2. The van der Waals surface area contributed by atoms with Crippen molar-refractivity contribution in [1.29, 1.82) is 0 Å². The van der Waals surface area contributed by atoms with Gasteiger partial charge in [-0.1, -0.05) is 6.07 Å². The van der Waals surface area contributed by atoms with E-state index < -0.39 is 0 Å². The summed E-state index contributed by atoms with van der Waals surface area (Å²) in [6.07, 6.45) is 0. The molecule has 1 heterocycles. The second kappa shape index (κ2) is 5.49. The molecule has 102 valence electrons. The lowest BCUT2D eigenvalue weighted by Crippen LogP contribution is -2.08. The van der Waals surface area contributed by atoms with Crippen molar-refractivity contribution >= 4 is 17.2 Å². The summed E-state index contributed by atoms with van der Waals surface area (Å²) in [5, 5.41) is 25.5. The topological polar surface area (TPSA) is 122 Å². The van der Waals surface area contributed by atoms with Gasteiger partial charge in [0, 0.05) is 11.8 Å². The Kier molecular flexibility index (Phi) is 3.76. The summed E-state index contributed by atoms with van der Waals surface area (Å²) in [4.78, 5) is 0. The first-order valence-electron chi connectivity index (χ1n) is 5.86. The first-order chi connectivity index (χ1) is 9.11. The Morgan fingerprint density at radius 1 is 1.32 bits per heavy atom. The minimum Gasteiger partial charge on any atom is -0.508 e. The third kappa shape index (κ3) is 2.89. The molecule has 0 radical (unpaired) electrons. The molecule has 7 N–H and O–H groups in total. The molecule has 0 bridgehead atoms. The van der Waals surface area contributed by atoms with Crippen LogP contribution in [0.3, 0.4) is 0 Å². The Morgan fingerprint density at radius 3 is 2.79 bits per heavy atom. The number of benzene rings is 1. The number of nitrogens with one attached hydrogen (secondary N) is 1. The number of aliphatic hydroxyl groups excluding tert-OH is 1. The first kappa shape index (κ1) is 13.0. The summed E-state index contributed by atoms with van der Waals surface area (Å²) in [5.41, 5.74) is 13.4. The van der Waals surface area contributed by atoms with Crippen LogP contribution in [0, 0.1) is 0 Å². The van der Waals surface area contributed by atoms with Gasteiger partial charge in [0.15, 0.2) is 0 Å². The number of aromatic hydroxyl groups is 1. The molecule has 2 rings (SSSR count). The second-order valence-corrected chi connectivity index (χ2v) is 4.10. The summed E-state index contributed by atoms with van der Waals surface area (Å²) in [6.45, 7) is 0.644. The minimum atomic E-state index is -0.0508. The van der Waals surface area contributed by atoms with Crippen molar-refractivity contribution in [3.8, 4) is 5.75 Å². The van der Waals surface area contributed by atoms with E-state index in [2.05, 4.69) is 10.4 Å². The number of phenols is 1. The highest BCUT2D eigenvalue weighted by Crippen LogP contribution is 2.21. The predicted octanol–water partition coefficient (Wildman–Crippen LogP) is 0.357. The molecule has 0 fully saturated rings. The number of aromatic nitrogens is 2. The van der Waals surface area contributed by atoms with Crippen LogP contribution in [0.15, 0.2) is 24.3 Å². The first-order valence-corrected chi connectivity index (χ1v) is 5.86. The van der Waals surface area contributed by atoms with Crippen molar-refractivity contribution in [3.63, 3.8) is 0 Å². The molecule has 7 heteroatoms. The molecule has 0 aliphatic rings. The predicted molar refractivity (Wildman–Crippen MR) is 73.6 cm³/mol. The molecule has 0 amide bonds.